The zero-order valence-electron chi connectivity index (χ0n) is 20.6. The maximum atomic E-state index is 10.3. The smallest absolute Gasteiger partial charge is 0.123 e. The molecule has 2 nitrogen and oxygen atoms in total. The van der Waals surface area contributed by atoms with Crippen molar-refractivity contribution in [1.29, 1.82) is 0 Å². The van der Waals surface area contributed by atoms with Crippen LogP contribution in [0.5, 0.6) is 5.75 Å². The lowest BCUT2D eigenvalue weighted by molar-refractivity contribution is 0.118. The van der Waals surface area contributed by atoms with Gasteiger partial charge in [0.05, 0.1) is 6.10 Å². The molecule has 0 aliphatic heterocycles. The summed E-state index contributed by atoms with van der Waals surface area (Å²) in [6.45, 7) is 7.61. The molecule has 0 amide bonds. The molecule has 1 aliphatic rings. The molecule has 0 spiro atoms. The molecule has 2 atom stereocenters. The first-order chi connectivity index (χ1) is 15.5. The molecular formula is C30H44O2. The lowest BCUT2D eigenvalue weighted by Crippen LogP contribution is -2.20. The van der Waals surface area contributed by atoms with Gasteiger partial charge < -0.3 is 9.84 Å². The summed E-state index contributed by atoms with van der Waals surface area (Å²) in [4.78, 5) is 0. The maximum Gasteiger partial charge on any atom is 0.123 e. The maximum absolute atomic E-state index is 10.3. The van der Waals surface area contributed by atoms with Crippen LogP contribution in [0.2, 0.25) is 0 Å². The molecule has 0 radical (unpaired) electrons. The Bertz CT molecular complexity index is 796. The summed E-state index contributed by atoms with van der Waals surface area (Å²) >= 11 is 0. The number of hydrogen-bond donors (Lipinski definition) is 1. The van der Waals surface area contributed by atoms with Gasteiger partial charge in [-0.3, -0.25) is 0 Å². The molecule has 2 heteroatoms. The second-order valence-corrected chi connectivity index (χ2v) is 10.4. The van der Waals surface area contributed by atoms with Crippen molar-refractivity contribution in [1.82, 2.24) is 0 Å². The summed E-state index contributed by atoms with van der Waals surface area (Å²) in [5.41, 5.74) is 3.98. The van der Waals surface area contributed by atoms with E-state index < -0.39 is 0 Å². The largest absolute Gasteiger partial charge is 0.489 e. The molecule has 0 saturated heterocycles. The van der Waals surface area contributed by atoms with Gasteiger partial charge in [0.15, 0.2) is 0 Å². The van der Waals surface area contributed by atoms with Crippen LogP contribution < -0.4 is 4.74 Å². The number of aliphatic hydroxyl groups excluding tert-OH is 1. The van der Waals surface area contributed by atoms with Crippen LogP contribution in [0.3, 0.4) is 0 Å². The van der Waals surface area contributed by atoms with Crippen LogP contribution >= 0.6 is 0 Å². The second-order valence-electron chi connectivity index (χ2n) is 10.4. The summed E-state index contributed by atoms with van der Waals surface area (Å²) in [5.74, 6) is 1.40. The average molecular weight is 437 g/mol. The van der Waals surface area contributed by atoms with Crippen molar-refractivity contribution in [3.63, 3.8) is 0 Å². The van der Waals surface area contributed by atoms with Crippen LogP contribution in [0.4, 0.5) is 0 Å². The molecule has 2 aromatic carbocycles. The first-order valence-corrected chi connectivity index (χ1v) is 13.0. The summed E-state index contributed by atoms with van der Waals surface area (Å²) < 4.78 is 6.44. The fraction of sp³-hybridized carbons (Fsp3) is 0.600. The predicted octanol–water partition coefficient (Wildman–Crippen LogP) is 8.31. The molecule has 2 unspecified atom stereocenters. The van der Waals surface area contributed by atoms with E-state index in [0.29, 0.717) is 12.5 Å². The normalized spacial score (nSPS) is 19.1. The molecule has 3 rings (SSSR count). The lowest BCUT2D eigenvalue weighted by atomic mass is 9.77. The van der Waals surface area contributed by atoms with E-state index >= 15 is 0 Å². The van der Waals surface area contributed by atoms with Gasteiger partial charge in [-0.1, -0.05) is 108 Å². The van der Waals surface area contributed by atoms with Gasteiger partial charge in [0.2, 0.25) is 0 Å². The Labute approximate surface area is 196 Å². The molecule has 0 bridgehead atoms. The monoisotopic (exact) mass is 436 g/mol. The number of unbranched alkanes of at least 4 members (excludes halogenated alkanes) is 5. The molecule has 1 N–H and O–H groups in total. The van der Waals surface area contributed by atoms with E-state index in [9.17, 15) is 5.11 Å². The van der Waals surface area contributed by atoms with E-state index in [2.05, 4.69) is 63.2 Å². The minimum atomic E-state index is -0.181. The molecule has 1 fully saturated rings. The van der Waals surface area contributed by atoms with Crippen LogP contribution in [-0.4, -0.2) is 11.2 Å². The fourth-order valence-electron chi connectivity index (χ4n) is 5.09. The van der Waals surface area contributed by atoms with Gasteiger partial charge in [-0.05, 0) is 59.8 Å². The Kier molecular flexibility index (Phi) is 9.66. The highest BCUT2D eigenvalue weighted by atomic mass is 16.5. The first kappa shape index (κ1) is 24.8. The number of hydrogen-bond acceptors (Lipinski definition) is 2. The first-order valence-electron chi connectivity index (χ1n) is 13.0. The van der Waals surface area contributed by atoms with Crippen LogP contribution in [-0.2, 0) is 12.0 Å². The minimum absolute atomic E-state index is 0.139. The van der Waals surface area contributed by atoms with Crippen molar-refractivity contribution in [3.05, 3.63) is 65.2 Å². The van der Waals surface area contributed by atoms with Gasteiger partial charge in [0.1, 0.15) is 12.4 Å². The molecule has 1 aliphatic carbocycles. The number of benzene rings is 2. The third-order valence-electron chi connectivity index (χ3n) is 7.27. The lowest BCUT2D eigenvalue weighted by Gasteiger charge is -2.30. The van der Waals surface area contributed by atoms with E-state index in [1.165, 1.54) is 61.6 Å². The molecule has 2 aromatic rings. The van der Waals surface area contributed by atoms with Crippen molar-refractivity contribution in [2.45, 2.75) is 115 Å². The Morgan fingerprint density at radius 3 is 2.44 bits per heavy atom. The summed E-state index contributed by atoms with van der Waals surface area (Å²) in [6.07, 6.45) is 13.1. The van der Waals surface area contributed by atoms with Gasteiger partial charge in [0, 0.05) is 0 Å². The standard InChI is InChI=1S/C30H44O2/c1-4-5-6-7-8-12-20-30(2,3)26-18-19-28(25-16-13-17-27(31)21-25)29(22-26)32-23-24-14-10-9-11-15-24/h9-11,14-15,18-19,22,25,27,31H,4-8,12-13,16-17,20-21,23H2,1-3H3. The van der Waals surface area contributed by atoms with Crippen LogP contribution in [0.15, 0.2) is 48.5 Å². The molecule has 0 aromatic heterocycles. The Morgan fingerprint density at radius 2 is 1.69 bits per heavy atom. The minimum Gasteiger partial charge on any atom is -0.489 e. The Hall–Kier alpha value is -1.80. The highest BCUT2D eigenvalue weighted by molar-refractivity contribution is 5.43. The molecule has 0 heterocycles. The van der Waals surface area contributed by atoms with E-state index in [-0.39, 0.29) is 11.5 Å². The van der Waals surface area contributed by atoms with E-state index in [0.717, 1.165) is 31.4 Å². The number of ether oxygens (including phenoxy) is 1. The van der Waals surface area contributed by atoms with Gasteiger partial charge in [-0.2, -0.15) is 0 Å². The van der Waals surface area contributed by atoms with E-state index in [4.69, 9.17) is 4.74 Å². The topological polar surface area (TPSA) is 29.5 Å². The van der Waals surface area contributed by atoms with Gasteiger partial charge >= 0.3 is 0 Å². The third-order valence-corrected chi connectivity index (χ3v) is 7.27. The van der Waals surface area contributed by atoms with Gasteiger partial charge in [-0.25, -0.2) is 0 Å². The highest BCUT2D eigenvalue weighted by Gasteiger charge is 2.27. The highest BCUT2D eigenvalue weighted by Crippen LogP contribution is 2.41. The zero-order valence-corrected chi connectivity index (χ0v) is 20.6. The molecule has 32 heavy (non-hydrogen) atoms. The summed E-state index contributed by atoms with van der Waals surface area (Å²) in [6, 6.07) is 17.3. The van der Waals surface area contributed by atoms with Crippen molar-refractivity contribution < 1.29 is 9.84 Å². The third kappa shape index (κ3) is 7.37. The molecular weight excluding hydrogens is 392 g/mol. The zero-order chi connectivity index (χ0) is 22.8. The summed E-state index contributed by atoms with van der Waals surface area (Å²) in [5, 5.41) is 10.3. The average Bonchev–Trinajstić information content (AvgIpc) is 2.80. The Morgan fingerprint density at radius 1 is 0.938 bits per heavy atom. The van der Waals surface area contributed by atoms with Crippen molar-refractivity contribution in [2.24, 2.45) is 0 Å². The van der Waals surface area contributed by atoms with Crippen molar-refractivity contribution >= 4 is 0 Å². The number of aliphatic hydroxyl groups is 1. The number of rotatable bonds is 12. The van der Waals surface area contributed by atoms with Crippen molar-refractivity contribution in [2.75, 3.05) is 0 Å². The van der Waals surface area contributed by atoms with Crippen LogP contribution in [0.25, 0.3) is 0 Å². The SMILES string of the molecule is CCCCCCCCC(C)(C)c1ccc(C2CCCC(O)C2)c(OCc2ccccc2)c1. The van der Waals surface area contributed by atoms with E-state index in [1.54, 1.807) is 0 Å². The quantitative estimate of drug-likeness (QED) is 0.339. The van der Waals surface area contributed by atoms with Crippen LogP contribution in [0.1, 0.15) is 114 Å². The predicted molar refractivity (Wildman–Crippen MR) is 135 cm³/mol. The Balaban J connectivity index is 1.73. The second kappa shape index (κ2) is 12.4. The van der Waals surface area contributed by atoms with Crippen LogP contribution in [0, 0.1) is 0 Å². The van der Waals surface area contributed by atoms with Gasteiger partial charge in [-0.15, -0.1) is 0 Å². The van der Waals surface area contributed by atoms with Crippen molar-refractivity contribution in [3.8, 4) is 5.75 Å². The molecule has 1 saturated carbocycles. The fourth-order valence-corrected chi connectivity index (χ4v) is 5.09. The summed E-state index contributed by atoms with van der Waals surface area (Å²) in [7, 11) is 0. The van der Waals surface area contributed by atoms with E-state index in [1.807, 2.05) is 6.07 Å². The van der Waals surface area contributed by atoms with Gasteiger partial charge in [0.25, 0.3) is 0 Å². The molecule has 176 valence electrons.